The molecule has 1 aromatic heterocycles. The average Bonchev–Trinajstić information content (AvgIpc) is 2.16. The smallest absolute Gasteiger partial charge is 0.142 e. The number of nitrogens with two attached hydrogens (primary N) is 2. The Morgan fingerprint density at radius 1 is 1.67 bits per heavy atom. The van der Waals surface area contributed by atoms with Crippen molar-refractivity contribution in [3.63, 3.8) is 0 Å². The fraction of sp³-hybridized carbons (Fsp3) is 0.375. The average molecular weight is 167 g/mol. The normalized spacial score (nSPS) is 12.6. The Morgan fingerprint density at radius 2 is 2.42 bits per heavy atom. The highest BCUT2D eigenvalue weighted by Crippen LogP contribution is 2.19. The lowest BCUT2D eigenvalue weighted by atomic mass is 10.2. The zero-order valence-corrected chi connectivity index (χ0v) is 7.03. The highest BCUT2D eigenvalue weighted by Gasteiger charge is 2.10. The lowest BCUT2D eigenvalue weighted by Crippen LogP contribution is -2.22. The molecule has 1 atom stereocenters. The number of nitrogens with zero attached hydrogens (tertiary/aromatic N) is 1. The zero-order valence-electron chi connectivity index (χ0n) is 7.03. The van der Waals surface area contributed by atoms with Crippen molar-refractivity contribution in [3.8, 4) is 5.75 Å². The van der Waals surface area contributed by atoms with Crippen molar-refractivity contribution >= 4 is 0 Å². The molecule has 4 nitrogen and oxygen atoms in total. The summed E-state index contributed by atoms with van der Waals surface area (Å²) in [7, 11) is 1.59. The number of methoxy groups -OCH3 is 1. The third-order valence-electron chi connectivity index (χ3n) is 1.62. The fourth-order valence-electron chi connectivity index (χ4n) is 0.965. The van der Waals surface area contributed by atoms with E-state index in [2.05, 4.69) is 4.98 Å². The lowest BCUT2D eigenvalue weighted by molar-refractivity contribution is 0.402. The van der Waals surface area contributed by atoms with Gasteiger partial charge in [0, 0.05) is 12.7 Å². The van der Waals surface area contributed by atoms with Crippen molar-refractivity contribution in [1.82, 2.24) is 4.98 Å². The molecule has 4 N–H and O–H groups in total. The van der Waals surface area contributed by atoms with E-state index in [0.717, 1.165) is 0 Å². The first kappa shape index (κ1) is 8.96. The maximum atomic E-state index is 5.70. The van der Waals surface area contributed by atoms with Crippen LogP contribution in [0.5, 0.6) is 5.75 Å². The summed E-state index contributed by atoms with van der Waals surface area (Å²) in [6.45, 7) is 0.368. The molecule has 0 unspecified atom stereocenters. The van der Waals surface area contributed by atoms with Gasteiger partial charge in [-0.3, -0.25) is 4.98 Å². The second-order valence-electron chi connectivity index (χ2n) is 2.43. The van der Waals surface area contributed by atoms with E-state index in [1.54, 1.807) is 19.4 Å². The van der Waals surface area contributed by atoms with Crippen LogP contribution in [0.4, 0.5) is 0 Å². The third kappa shape index (κ3) is 1.72. The van der Waals surface area contributed by atoms with Crippen LogP contribution in [-0.4, -0.2) is 18.6 Å². The Labute approximate surface area is 71.5 Å². The maximum Gasteiger partial charge on any atom is 0.142 e. The first-order valence-electron chi connectivity index (χ1n) is 3.74. The molecular formula is C8H13N3O. The van der Waals surface area contributed by atoms with Crippen molar-refractivity contribution in [2.24, 2.45) is 11.5 Å². The van der Waals surface area contributed by atoms with E-state index >= 15 is 0 Å². The molecule has 0 amide bonds. The SMILES string of the molecule is COc1cccnc1[C@H](N)CN. The molecule has 0 spiro atoms. The second-order valence-corrected chi connectivity index (χ2v) is 2.43. The minimum Gasteiger partial charge on any atom is -0.495 e. The van der Waals surface area contributed by atoms with Gasteiger partial charge in [0.05, 0.1) is 13.2 Å². The van der Waals surface area contributed by atoms with Crippen LogP contribution in [0.15, 0.2) is 18.3 Å². The molecule has 0 aliphatic rings. The number of ether oxygens (including phenoxy) is 1. The van der Waals surface area contributed by atoms with E-state index in [0.29, 0.717) is 18.0 Å². The first-order chi connectivity index (χ1) is 5.79. The third-order valence-corrected chi connectivity index (χ3v) is 1.62. The summed E-state index contributed by atoms with van der Waals surface area (Å²) >= 11 is 0. The quantitative estimate of drug-likeness (QED) is 0.667. The van der Waals surface area contributed by atoms with Crippen LogP contribution in [0.3, 0.4) is 0 Å². The number of pyridine rings is 1. The Morgan fingerprint density at radius 3 is 3.00 bits per heavy atom. The van der Waals surface area contributed by atoms with Gasteiger partial charge in [-0.2, -0.15) is 0 Å². The van der Waals surface area contributed by atoms with Gasteiger partial charge >= 0.3 is 0 Å². The van der Waals surface area contributed by atoms with Crippen LogP contribution in [-0.2, 0) is 0 Å². The standard InChI is InChI=1S/C8H13N3O/c1-12-7-3-2-4-11-8(7)6(10)5-9/h2-4,6H,5,9-10H2,1H3/t6-/m1/s1. The molecule has 0 aromatic carbocycles. The summed E-state index contributed by atoms with van der Waals surface area (Å²) in [4.78, 5) is 4.09. The minimum absolute atomic E-state index is 0.249. The Hall–Kier alpha value is -1.13. The second kappa shape index (κ2) is 4.04. The van der Waals surface area contributed by atoms with Crippen LogP contribution in [0.25, 0.3) is 0 Å². The molecule has 0 aliphatic carbocycles. The van der Waals surface area contributed by atoms with E-state index in [-0.39, 0.29) is 6.04 Å². The Kier molecular flexibility index (Phi) is 3.01. The summed E-state index contributed by atoms with van der Waals surface area (Å²) in [5.41, 5.74) is 11.8. The van der Waals surface area contributed by atoms with Crippen molar-refractivity contribution in [3.05, 3.63) is 24.0 Å². The van der Waals surface area contributed by atoms with E-state index < -0.39 is 0 Å². The molecule has 4 heteroatoms. The molecule has 1 aromatic rings. The molecule has 12 heavy (non-hydrogen) atoms. The summed E-state index contributed by atoms with van der Waals surface area (Å²) in [6.07, 6.45) is 1.67. The van der Waals surface area contributed by atoms with Crippen LogP contribution in [0, 0.1) is 0 Å². The van der Waals surface area contributed by atoms with Gasteiger partial charge in [0.1, 0.15) is 11.4 Å². The molecule has 0 fully saturated rings. The number of hydrogen-bond acceptors (Lipinski definition) is 4. The van der Waals surface area contributed by atoms with Gasteiger partial charge in [-0.15, -0.1) is 0 Å². The topological polar surface area (TPSA) is 74.2 Å². The zero-order chi connectivity index (χ0) is 8.97. The van der Waals surface area contributed by atoms with E-state index in [1.807, 2.05) is 6.07 Å². The van der Waals surface area contributed by atoms with Gasteiger partial charge in [0.15, 0.2) is 0 Å². The van der Waals surface area contributed by atoms with Crippen LogP contribution in [0.2, 0.25) is 0 Å². The van der Waals surface area contributed by atoms with E-state index in [1.165, 1.54) is 0 Å². The minimum atomic E-state index is -0.249. The van der Waals surface area contributed by atoms with Crippen molar-refractivity contribution in [1.29, 1.82) is 0 Å². The van der Waals surface area contributed by atoms with Gasteiger partial charge in [-0.1, -0.05) is 0 Å². The first-order valence-corrected chi connectivity index (χ1v) is 3.74. The highest BCUT2D eigenvalue weighted by atomic mass is 16.5. The highest BCUT2D eigenvalue weighted by molar-refractivity contribution is 5.29. The number of hydrogen-bond donors (Lipinski definition) is 2. The van der Waals surface area contributed by atoms with Crippen molar-refractivity contribution in [2.45, 2.75) is 6.04 Å². The summed E-state index contributed by atoms with van der Waals surface area (Å²) in [5, 5.41) is 0. The van der Waals surface area contributed by atoms with Crippen molar-refractivity contribution in [2.75, 3.05) is 13.7 Å². The molecular weight excluding hydrogens is 154 g/mol. The van der Waals surface area contributed by atoms with Crippen molar-refractivity contribution < 1.29 is 4.74 Å². The molecule has 0 radical (unpaired) electrons. The van der Waals surface area contributed by atoms with Gasteiger partial charge in [-0.25, -0.2) is 0 Å². The largest absolute Gasteiger partial charge is 0.495 e. The van der Waals surface area contributed by atoms with Gasteiger partial charge in [-0.05, 0) is 12.1 Å². The van der Waals surface area contributed by atoms with Gasteiger partial charge < -0.3 is 16.2 Å². The van der Waals surface area contributed by atoms with Crippen LogP contribution < -0.4 is 16.2 Å². The lowest BCUT2D eigenvalue weighted by Gasteiger charge is -2.11. The predicted molar refractivity (Wildman–Crippen MR) is 46.8 cm³/mol. The Balaban J connectivity index is 2.96. The molecule has 0 saturated carbocycles. The van der Waals surface area contributed by atoms with Crippen LogP contribution in [0.1, 0.15) is 11.7 Å². The van der Waals surface area contributed by atoms with Gasteiger partial charge in [0.2, 0.25) is 0 Å². The summed E-state index contributed by atoms with van der Waals surface area (Å²) in [6, 6.07) is 3.37. The monoisotopic (exact) mass is 167 g/mol. The Bertz CT molecular complexity index is 252. The van der Waals surface area contributed by atoms with Crippen LogP contribution >= 0.6 is 0 Å². The predicted octanol–water partition coefficient (Wildman–Crippen LogP) is 0.0487. The van der Waals surface area contributed by atoms with E-state index in [4.69, 9.17) is 16.2 Å². The summed E-state index contributed by atoms with van der Waals surface area (Å²) < 4.78 is 5.07. The fourth-order valence-corrected chi connectivity index (χ4v) is 0.965. The molecule has 66 valence electrons. The molecule has 0 bridgehead atoms. The molecule has 1 heterocycles. The van der Waals surface area contributed by atoms with E-state index in [9.17, 15) is 0 Å². The number of aromatic nitrogens is 1. The van der Waals surface area contributed by atoms with Gasteiger partial charge in [0.25, 0.3) is 0 Å². The number of rotatable bonds is 3. The molecule has 0 saturated heterocycles. The maximum absolute atomic E-state index is 5.70. The molecule has 1 rings (SSSR count). The molecule has 0 aliphatic heterocycles. The summed E-state index contributed by atoms with van der Waals surface area (Å²) in [5.74, 6) is 0.690.